The highest BCUT2D eigenvalue weighted by atomic mass is 16.4. The number of carboxylic acid groups (broad SMARTS) is 1. The van der Waals surface area contributed by atoms with Crippen molar-refractivity contribution < 1.29 is 19.8 Å². The van der Waals surface area contributed by atoms with Gasteiger partial charge in [-0.1, -0.05) is 27.7 Å². The summed E-state index contributed by atoms with van der Waals surface area (Å²) in [5, 5.41) is 22.4. The number of nitrogens with one attached hydrogen (secondary N) is 2. The average molecular weight is 260 g/mol. The molecule has 0 heterocycles. The molecule has 0 fully saturated rings. The van der Waals surface area contributed by atoms with Crippen molar-refractivity contribution in [2.24, 2.45) is 17.8 Å². The number of amides is 2. The zero-order valence-corrected chi connectivity index (χ0v) is 11.4. The van der Waals surface area contributed by atoms with Crippen LogP contribution in [-0.4, -0.2) is 41.4 Å². The zero-order valence-electron chi connectivity index (χ0n) is 11.4. The van der Waals surface area contributed by atoms with E-state index in [1.54, 1.807) is 0 Å². The molecule has 4 N–H and O–H groups in total. The number of urea groups is 1. The Bertz CT molecular complexity index is 271. The molecule has 6 nitrogen and oxygen atoms in total. The van der Waals surface area contributed by atoms with Gasteiger partial charge in [-0.15, -0.1) is 0 Å². The second kappa shape index (κ2) is 7.92. The van der Waals surface area contributed by atoms with Crippen LogP contribution in [0.2, 0.25) is 0 Å². The zero-order chi connectivity index (χ0) is 14.3. The highest BCUT2D eigenvalue weighted by Crippen LogP contribution is 2.19. The first-order valence-corrected chi connectivity index (χ1v) is 6.18. The number of aliphatic carboxylic acids is 1. The monoisotopic (exact) mass is 260 g/mol. The molecule has 0 aromatic rings. The van der Waals surface area contributed by atoms with Gasteiger partial charge in [0.25, 0.3) is 0 Å². The van der Waals surface area contributed by atoms with Gasteiger partial charge in [0.15, 0.2) is 6.10 Å². The molecule has 0 bridgehead atoms. The SMILES string of the molecule is CC(C)C(CNC(=O)NC[C@H](O)C(=O)O)C(C)C. The summed E-state index contributed by atoms with van der Waals surface area (Å²) in [5.41, 5.74) is 0. The molecular weight excluding hydrogens is 236 g/mol. The van der Waals surface area contributed by atoms with Crippen LogP contribution in [0.5, 0.6) is 0 Å². The van der Waals surface area contributed by atoms with E-state index in [-0.39, 0.29) is 6.54 Å². The number of aliphatic hydroxyl groups is 1. The standard InChI is InChI=1S/C12H24N2O4/c1-7(2)9(8(3)4)5-13-12(18)14-6-10(15)11(16)17/h7-10,15H,5-6H2,1-4H3,(H,16,17)(H2,13,14,18)/t10-/m0/s1. The lowest BCUT2D eigenvalue weighted by molar-refractivity contribution is -0.146. The minimum Gasteiger partial charge on any atom is -0.479 e. The van der Waals surface area contributed by atoms with E-state index in [4.69, 9.17) is 10.2 Å². The molecule has 0 saturated carbocycles. The van der Waals surface area contributed by atoms with E-state index < -0.39 is 18.1 Å². The molecule has 0 aliphatic heterocycles. The van der Waals surface area contributed by atoms with Gasteiger partial charge in [-0.2, -0.15) is 0 Å². The highest BCUT2D eigenvalue weighted by molar-refractivity contribution is 5.76. The molecule has 0 spiro atoms. The molecule has 0 saturated heterocycles. The van der Waals surface area contributed by atoms with Crippen LogP contribution in [0.4, 0.5) is 4.79 Å². The van der Waals surface area contributed by atoms with Gasteiger partial charge in [-0.3, -0.25) is 0 Å². The maximum atomic E-state index is 11.4. The molecule has 1 atom stereocenters. The fraction of sp³-hybridized carbons (Fsp3) is 0.833. The number of carboxylic acids is 1. The van der Waals surface area contributed by atoms with Crippen molar-refractivity contribution in [3.05, 3.63) is 0 Å². The van der Waals surface area contributed by atoms with Crippen molar-refractivity contribution in [3.63, 3.8) is 0 Å². The van der Waals surface area contributed by atoms with Gasteiger partial charge in [0.05, 0.1) is 6.54 Å². The molecule has 2 amide bonds. The first-order chi connectivity index (χ1) is 8.25. The van der Waals surface area contributed by atoms with Gasteiger partial charge >= 0.3 is 12.0 Å². The van der Waals surface area contributed by atoms with Gasteiger partial charge in [-0.25, -0.2) is 9.59 Å². The maximum absolute atomic E-state index is 11.4. The molecule has 0 unspecified atom stereocenters. The van der Waals surface area contributed by atoms with Crippen LogP contribution in [0, 0.1) is 17.8 Å². The normalized spacial score (nSPS) is 12.9. The first-order valence-electron chi connectivity index (χ1n) is 6.18. The minimum absolute atomic E-state index is 0.296. The predicted molar refractivity (Wildman–Crippen MR) is 68.2 cm³/mol. The molecular formula is C12H24N2O4. The third kappa shape index (κ3) is 6.44. The summed E-state index contributed by atoms with van der Waals surface area (Å²) in [6.07, 6.45) is -1.57. The van der Waals surface area contributed by atoms with Crippen molar-refractivity contribution in [1.82, 2.24) is 10.6 Å². The van der Waals surface area contributed by atoms with Crippen LogP contribution in [0.25, 0.3) is 0 Å². The van der Waals surface area contributed by atoms with E-state index >= 15 is 0 Å². The molecule has 0 aliphatic carbocycles. The molecule has 0 rings (SSSR count). The van der Waals surface area contributed by atoms with Crippen molar-refractivity contribution in [3.8, 4) is 0 Å². The number of aliphatic hydroxyl groups excluding tert-OH is 1. The quantitative estimate of drug-likeness (QED) is 0.540. The molecule has 6 heteroatoms. The molecule has 106 valence electrons. The van der Waals surface area contributed by atoms with E-state index in [2.05, 4.69) is 38.3 Å². The lowest BCUT2D eigenvalue weighted by atomic mass is 9.85. The molecule has 0 aromatic carbocycles. The van der Waals surface area contributed by atoms with Gasteiger partial charge in [0.2, 0.25) is 0 Å². The van der Waals surface area contributed by atoms with Crippen LogP contribution in [0.15, 0.2) is 0 Å². The number of carbonyl (C=O) groups excluding carboxylic acids is 1. The largest absolute Gasteiger partial charge is 0.479 e. The molecule has 18 heavy (non-hydrogen) atoms. The lowest BCUT2D eigenvalue weighted by Crippen LogP contribution is -2.44. The topological polar surface area (TPSA) is 98.7 Å². The number of rotatable bonds is 7. The summed E-state index contributed by atoms with van der Waals surface area (Å²) in [6.45, 7) is 8.62. The second-order valence-corrected chi connectivity index (χ2v) is 5.10. The van der Waals surface area contributed by atoms with E-state index in [1.807, 2.05) is 0 Å². The lowest BCUT2D eigenvalue weighted by Gasteiger charge is -2.25. The van der Waals surface area contributed by atoms with Crippen LogP contribution < -0.4 is 10.6 Å². The van der Waals surface area contributed by atoms with Crippen LogP contribution in [0.1, 0.15) is 27.7 Å². The minimum atomic E-state index is -1.57. The van der Waals surface area contributed by atoms with Gasteiger partial charge in [0, 0.05) is 6.54 Å². The smallest absolute Gasteiger partial charge is 0.334 e. The van der Waals surface area contributed by atoms with E-state index in [9.17, 15) is 9.59 Å². The van der Waals surface area contributed by atoms with Crippen molar-refractivity contribution >= 4 is 12.0 Å². The average Bonchev–Trinajstić information content (AvgIpc) is 2.24. The summed E-state index contributed by atoms with van der Waals surface area (Å²) < 4.78 is 0. The third-order valence-electron chi connectivity index (χ3n) is 2.95. The van der Waals surface area contributed by atoms with E-state index in [0.717, 1.165) is 0 Å². The first kappa shape index (κ1) is 16.7. The Kier molecular flexibility index (Phi) is 7.35. The Morgan fingerprint density at radius 1 is 1.00 bits per heavy atom. The number of hydrogen-bond donors (Lipinski definition) is 4. The Morgan fingerprint density at radius 2 is 1.44 bits per heavy atom. The summed E-state index contributed by atoms with van der Waals surface area (Å²) in [5.74, 6) is -0.0810. The fourth-order valence-electron chi connectivity index (χ4n) is 1.79. The molecule has 0 aliphatic rings. The third-order valence-corrected chi connectivity index (χ3v) is 2.95. The second-order valence-electron chi connectivity index (χ2n) is 5.10. The Hall–Kier alpha value is -1.30. The van der Waals surface area contributed by atoms with Crippen LogP contribution in [0.3, 0.4) is 0 Å². The summed E-state index contributed by atoms with van der Waals surface area (Å²) in [4.78, 5) is 21.7. The number of carbonyl (C=O) groups is 2. The number of hydrogen-bond acceptors (Lipinski definition) is 3. The van der Waals surface area contributed by atoms with Gasteiger partial charge in [-0.05, 0) is 17.8 Å². The molecule has 0 radical (unpaired) electrons. The van der Waals surface area contributed by atoms with Gasteiger partial charge in [0.1, 0.15) is 0 Å². The van der Waals surface area contributed by atoms with Crippen LogP contribution >= 0.6 is 0 Å². The summed E-state index contributed by atoms with van der Waals surface area (Å²) >= 11 is 0. The fourth-order valence-corrected chi connectivity index (χ4v) is 1.79. The van der Waals surface area contributed by atoms with Gasteiger partial charge < -0.3 is 20.8 Å². The van der Waals surface area contributed by atoms with E-state index in [0.29, 0.717) is 24.3 Å². The van der Waals surface area contributed by atoms with Crippen molar-refractivity contribution in [1.29, 1.82) is 0 Å². The summed E-state index contributed by atoms with van der Waals surface area (Å²) in [6, 6.07) is -0.457. The Balaban J connectivity index is 3.99. The Morgan fingerprint density at radius 3 is 1.83 bits per heavy atom. The van der Waals surface area contributed by atoms with E-state index in [1.165, 1.54) is 0 Å². The van der Waals surface area contributed by atoms with Crippen molar-refractivity contribution in [2.75, 3.05) is 13.1 Å². The van der Waals surface area contributed by atoms with Crippen LogP contribution in [-0.2, 0) is 4.79 Å². The highest BCUT2D eigenvalue weighted by Gasteiger charge is 2.19. The molecule has 0 aromatic heterocycles. The maximum Gasteiger partial charge on any atom is 0.334 e. The predicted octanol–water partition coefficient (Wildman–Crippen LogP) is 0.659. The van der Waals surface area contributed by atoms with Crippen molar-refractivity contribution in [2.45, 2.75) is 33.8 Å². The summed E-state index contributed by atoms with van der Waals surface area (Å²) in [7, 11) is 0. The Labute approximate surface area is 108 Å².